The summed E-state index contributed by atoms with van der Waals surface area (Å²) in [7, 11) is 0. The molecule has 0 fully saturated rings. The molecule has 1 aliphatic heterocycles. The Morgan fingerprint density at radius 1 is 0.966 bits per heavy atom. The van der Waals surface area contributed by atoms with Gasteiger partial charge in [-0.15, -0.1) is 0 Å². The average molecular weight is 405 g/mol. The van der Waals surface area contributed by atoms with Crippen molar-refractivity contribution in [1.82, 2.24) is 0 Å². The van der Waals surface area contributed by atoms with Crippen molar-refractivity contribution in [2.45, 2.75) is 31.7 Å². The minimum absolute atomic E-state index is 0.0479. The number of hydrogen-bond donors (Lipinski definition) is 2. The number of hydrogen-bond acceptors (Lipinski definition) is 4. The smallest absolute Gasteiger partial charge is 0.163 e. The molecule has 0 amide bonds. The van der Waals surface area contributed by atoms with Crippen molar-refractivity contribution in [3.63, 3.8) is 0 Å². The summed E-state index contributed by atoms with van der Waals surface area (Å²) in [6.45, 7) is 1.91. The van der Waals surface area contributed by atoms with E-state index >= 15 is 0 Å². The molecular formula is C24H21ClN2O2. The number of nitrogens with one attached hydrogen (secondary N) is 2. The van der Waals surface area contributed by atoms with E-state index < -0.39 is 0 Å². The molecule has 2 atom stereocenters. The number of carbonyl (C=O) groups is 1. The van der Waals surface area contributed by atoms with E-state index in [0.29, 0.717) is 11.4 Å². The summed E-state index contributed by atoms with van der Waals surface area (Å²) in [5.74, 6) is 1.74. The van der Waals surface area contributed by atoms with Crippen LogP contribution in [0.2, 0.25) is 5.02 Å². The highest BCUT2D eigenvalue weighted by Crippen LogP contribution is 2.45. The normalized spacial score (nSPS) is 21.0. The van der Waals surface area contributed by atoms with Crippen molar-refractivity contribution < 1.29 is 9.21 Å². The zero-order valence-corrected chi connectivity index (χ0v) is 16.8. The predicted octanol–water partition coefficient (Wildman–Crippen LogP) is 6.22. The molecule has 1 aliphatic carbocycles. The van der Waals surface area contributed by atoms with Gasteiger partial charge in [0.2, 0.25) is 0 Å². The summed E-state index contributed by atoms with van der Waals surface area (Å²) in [5.41, 5.74) is 4.61. The molecular weight excluding hydrogens is 384 g/mol. The number of halogens is 1. The third kappa shape index (κ3) is 3.23. The van der Waals surface area contributed by atoms with E-state index in [4.69, 9.17) is 16.0 Å². The number of Topliss-reactive ketones (excluding diaryl/α,β-unsaturated/α-hetero) is 1. The average Bonchev–Trinajstić information content (AvgIpc) is 3.06. The summed E-state index contributed by atoms with van der Waals surface area (Å²) < 4.78 is 5.92. The molecule has 0 spiro atoms. The maximum Gasteiger partial charge on any atom is 0.163 e. The van der Waals surface area contributed by atoms with Crippen molar-refractivity contribution in [3.05, 3.63) is 94.0 Å². The van der Waals surface area contributed by atoms with Crippen LogP contribution < -0.4 is 10.6 Å². The predicted molar refractivity (Wildman–Crippen MR) is 115 cm³/mol. The Hall–Kier alpha value is -2.98. The highest BCUT2D eigenvalue weighted by Gasteiger charge is 2.37. The molecule has 5 heteroatoms. The number of allylic oxidation sites excluding steroid dienone is 1. The highest BCUT2D eigenvalue weighted by molar-refractivity contribution is 6.31. The fraction of sp³-hybridized carbons (Fsp3) is 0.208. The molecule has 29 heavy (non-hydrogen) atoms. The molecule has 0 bridgehead atoms. The summed E-state index contributed by atoms with van der Waals surface area (Å²) in [6.07, 6.45) is 1.15. The van der Waals surface area contributed by atoms with E-state index in [1.165, 1.54) is 0 Å². The minimum Gasteiger partial charge on any atom is -0.464 e. The van der Waals surface area contributed by atoms with E-state index in [0.717, 1.165) is 46.1 Å². The van der Waals surface area contributed by atoms with Gasteiger partial charge >= 0.3 is 0 Å². The molecule has 0 saturated heterocycles. The number of fused-ring (bicyclic) bond motifs is 1. The van der Waals surface area contributed by atoms with Gasteiger partial charge in [-0.2, -0.15) is 0 Å². The zero-order valence-electron chi connectivity index (χ0n) is 16.0. The molecule has 1 aromatic heterocycles. The van der Waals surface area contributed by atoms with Gasteiger partial charge < -0.3 is 15.1 Å². The lowest BCUT2D eigenvalue weighted by Gasteiger charge is -2.29. The van der Waals surface area contributed by atoms with E-state index in [1.54, 1.807) is 0 Å². The van der Waals surface area contributed by atoms with E-state index in [1.807, 2.05) is 67.6 Å². The Morgan fingerprint density at radius 3 is 2.48 bits per heavy atom. The monoisotopic (exact) mass is 404 g/mol. The Balaban J connectivity index is 1.62. The maximum atomic E-state index is 13.4. The van der Waals surface area contributed by atoms with Gasteiger partial charge in [0.1, 0.15) is 17.6 Å². The second-order valence-electron chi connectivity index (χ2n) is 7.64. The van der Waals surface area contributed by atoms with Crippen LogP contribution in [-0.2, 0) is 4.79 Å². The summed E-state index contributed by atoms with van der Waals surface area (Å²) in [5, 5.41) is 7.76. The Kier molecular flexibility index (Phi) is 4.44. The van der Waals surface area contributed by atoms with Crippen molar-refractivity contribution in [3.8, 4) is 0 Å². The lowest BCUT2D eigenvalue weighted by atomic mass is 9.79. The summed E-state index contributed by atoms with van der Waals surface area (Å²) >= 11 is 6.45. The lowest BCUT2D eigenvalue weighted by molar-refractivity contribution is -0.116. The summed E-state index contributed by atoms with van der Waals surface area (Å²) in [4.78, 5) is 13.4. The number of anilines is 2. The summed E-state index contributed by atoms with van der Waals surface area (Å²) in [6, 6.07) is 19.3. The van der Waals surface area contributed by atoms with Crippen LogP contribution in [0.25, 0.3) is 0 Å². The van der Waals surface area contributed by atoms with E-state index in [-0.39, 0.29) is 17.7 Å². The molecule has 0 radical (unpaired) electrons. The van der Waals surface area contributed by atoms with Gasteiger partial charge in [0.05, 0.1) is 11.4 Å². The Labute approximate surface area is 174 Å². The standard InChI is InChI=1S/C24H21ClN2O2/c1-14-10-11-22(29-14)24-23-20(26-18-8-4-5-9-19(18)27-24)12-15(13-21(23)28)16-6-2-3-7-17(16)25/h2-11,15,24,26-27H,12-13H2,1H3. The van der Waals surface area contributed by atoms with Gasteiger partial charge in [-0.05, 0) is 55.2 Å². The second-order valence-corrected chi connectivity index (χ2v) is 8.05. The van der Waals surface area contributed by atoms with Crippen LogP contribution in [-0.4, -0.2) is 5.78 Å². The fourth-order valence-corrected chi connectivity index (χ4v) is 4.63. The first-order chi connectivity index (χ1) is 14.1. The number of aryl methyl sites for hydroxylation is 1. The van der Waals surface area contributed by atoms with Crippen molar-refractivity contribution in [2.75, 3.05) is 10.6 Å². The third-order valence-electron chi connectivity index (χ3n) is 5.70. The molecule has 2 aromatic carbocycles. The first-order valence-electron chi connectivity index (χ1n) is 9.80. The number of rotatable bonds is 2. The molecule has 4 nitrogen and oxygen atoms in total. The van der Waals surface area contributed by atoms with E-state index in [2.05, 4.69) is 10.6 Å². The topological polar surface area (TPSA) is 54.3 Å². The number of para-hydroxylation sites is 2. The van der Waals surface area contributed by atoms with Gasteiger partial charge in [0.25, 0.3) is 0 Å². The third-order valence-corrected chi connectivity index (χ3v) is 6.04. The highest BCUT2D eigenvalue weighted by atomic mass is 35.5. The second kappa shape index (κ2) is 7.12. The van der Waals surface area contributed by atoms with Crippen molar-refractivity contribution in [1.29, 1.82) is 0 Å². The molecule has 2 aliphatic rings. The number of carbonyl (C=O) groups excluding carboxylic acids is 1. The molecule has 2 N–H and O–H groups in total. The number of furan rings is 1. The largest absolute Gasteiger partial charge is 0.464 e. The molecule has 146 valence electrons. The first kappa shape index (κ1) is 18.1. The van der Waals surface area contributed by atoms with Gasteiger partial charge in [0, 0.05) is 22.7 Å². The van der Waals surface area contributed by atoms with Crippen molar-refractivity contribution in [2.24, 2.45) is 0 Å². The van der Waals surface area contributed by atoms with Gasteiger partial charge in [-0.25, -0.2) is 0 Å². The van der Waals surface area contributed by atoms with Crippen LogP contribution in [0.3, 0.4) is 0 Å². The minimum atomic E-state index is -0.324. The van der Waals surface area contributed by atoms with Crippen LogP contribution >= 0.6 is 11.6 Å². The van der Waals surface area contributed by atoms with Crippen LogP contribution in [0, 0.1) is 6.92 Å². The van der Waals surface area contributed by atoms with Crippen molar-refractivity contribution >= 4 is 28.8 Å². The van der Waals surface area contributed by atoms with Crippen LogP contribution in [0.1, 0.15) is 41.9 Å². The number of benzene rings is 2. The van der Waals surface area contributed by atoms with E-state index in [9.17, 15) is 4.79 Å². The number of ketones is 1. The molecule has 5 rings (SSSR count). The van der Waals surface area contributed by atoms with Crippen LogP contribution in [0.4, 0.5) is 11.4 Å². The first-order valence-corrected chi connectivity index (χ1v) is 10.2. The molecule has 2 unspecified atom stereocenters. The van der Waals surface area contributed by atoms with Gasteiger partial charge in [-0.1, -0.05) is 41.9 Å². The molecule has 3 aromatic rings. The van der Waals surface area contributed by atoms with Crippen LogP contribution in [0.5, 0.6) is 0 Å². The van der Waals surface area contributed by atoms with Gasteiger partial charge in [-0.3, -0.25) is 4.79 Å². The fourth-order valence-electron chi connectivity index (χ4n) is 4.34. The Bertz CT molecular complexity index is 1130. The van der Waals surface area contributed by atoms with Gasteiger partial charge in [0.15, 0.2) is 5.78 Å². The Morgan fingerprint density at radius 2 is 1.72 bits per heavy atom. The zero-order chi connectivity index (χ0) is 20.0. The molecule has 2 heterocycles. The lowest BCUT2D eigenvalue weighted by Crippen LogP contribution is -2.26. The molecule has 0 saturated carbocycles. The SMILES string of the molecule is Cc1ccc(C2Nc3ccccc3NC3=C2C(=O)CC(c2ccccc2Cl)C3)o1. The quantitative estimate of drug-likeness (QED) is 0.532. The van der Waals surface area contributed by atoms with Crippen LogP contribution in [0.15, 0.2) is 76.4 Å². The maximum absolute atomic E-state index is 13.4.